The minimum absolute atomic E-state index is 0.0258. The molecule has 1 aromatic carbocycles. The van der Waals surface area contributed by atoms with Crippen molar-refractivity contribution >= 4 is 22.6 Å². The van der Waals surface area contributed by atoms with Crippen molar-refractivity contribution in [1.29, 1.82) is 0 Å². The van der Waals surface area contributed by atoms with Crippen LogP contribution in [-0.2, 0) is 11.3 Å². The van der Waals surface area contributed by atoms with Gasteiger partial charge in [0.1, 0.15) is 0 Å². The van der Waals surface area contributed by atoms with E-state index in [1.54, 1.807) is 12.4 Å². The van der Waals surface area contributed by atoms with Gasteiger partial charge in [-0.05, 0) is 81.1 Å². The Hall–Kier alpha value is -2.73. The second-order valence-electron chi connectivity index (χ2n) is 7.83. The zero-order chi connectivity index (χ0) is 19.5. The summed E-state index contributed by atoms with van der Waals surface area (Å²) < 4.78 is 2.29. The molecule has 0 atom stereocenters. The van der Waals surface area contributed by atoms with Crippen LogP contribution in [0.25, 0.3) is 11.0 Å². The number of carbonyl (C=O) groups excluding carboxylic acids is 1. The first-order valence-corrected chi connectivity index (χ1v) is 9.93. The highest BCUT2D eigenvalue weighted by Crippen LogP contribution is 2.23. The summed E-state index contributed by atoms with van der Waals surface area (Å²) >= 11 is 0. The van der Waals surface area contributed by atoms with Crippen LogP contribution >= 0.6 is 0 Å². The zero-order valence-electron chi connectivity index (χ0n) is 16.6. The third-order valence-electron chi connectivity index (χ3n) is 5.71. The third-order valence-corrected chi connectivity index (χ3v) is 5.71. The molecule has 1 saturated heterocycles. The minimum atomic E-state index is 0.0258. The van der Waals surface area contributed by atoms with E-state index in [-0.39, 0.29) is 5.91 Å². The van der Waals surface area contributed by atoms with E-state index in [1.165, 1.54) is 16.6 Å². The van der Waals surface area contributed by atoms with Gasteiger partial charge in [0.2, 0.25) is 5.91 Å². The van der Waals surface area contributed by atoms with E-state index in [0.29, 0.717) is 12.5 Å². The van der Waals surface area contributed by atoms with Crippen LogP contribution < -0.4 is 5.32 Å². The van der Waals surface area contributed by atoms with E-state index in [9.17, 15) is 4.79 Å². The van der Waals surface area contributed by atoms with Crippen LogP contribution in [0.5, 0.6) is 0 Å². The van der Waals surface area contributed by atoms with Crippen LogP contribution in [-0.4, -0.2) is 45.0 Å². The Bertz CT molecular complexity index is 958. The Kier molecular flexibility index (Phi) is 5.39. The summed E-state index contributed by atoms with van der Waals surface area (Å²) in [5, 5.41) is 2.91. The van der Waals surface area contributed by atoms with E-state index in [2.05, 4.69) is 50.7 Å². The summed E-state index contributed by atoms with van der Waals surface area (Å²) in [5.41, 5.74) is 5.65. The average molecular weight is 377 g/mol. The summed E-state index contributed by atoms with van der Waals surface area (Å²) in [6.07, 6.45) is 7.54. The summed E-state index contributed by atoms with van der Waals surface area (Å²) in [6, 6.07) is 8.10. The molecule has 3 heterocycles. The maximum absolute atomic E-state index is 12.2. The van der Waals surface area contributed by atoms with Gasteiger partial charge in [0, 0.05) is 12.7 Å². The van der Waals surface area contributed by atoms with Crippen molar-refractivity contribution in [2.24, 2.45) is 5.92 Å². The van der Waals surface area contributed by atoms with Gasteiger partial charge in [-0.15, -0.1) is 0 Å². The van der Waals surface area contributed by atoms with Crippen LogP contribution in [0.2, 0.25) is 0 Å². The molecule has 0 unspecified atom stereocenters. The Morgan fingerprint density at radius 1 is 1.21 bits per heavy atom. The number of aromatic nitrogens is 3. The SMILES string of the molecule is Cc1cc2ncn(CC3CCN(CC(=O)Nc4cccnc4)CC3)c2cc1C. The summed E-state index contributed by atoms with van der Waals surface area (Å²) in [7, 11) is 0. The number of piperidine rings is 1. The number of anilines is 1. The molecule has 6 nitrogen and oxygen atoms in total. The molecule has 0 spiro atoms. The van der Waals surface area contributed by atoms with E-state index < -0.39 is 0 Å². The first kappa shape index (κ1) is 18.6. The number of benzene rings is 1. The fraction of sp³-hybridized carbons (Fsp3) is 0.409. The summed E-state index contributed by atoms with van der Waals surface area (Å²) in [6.45, 7) is 7.63. The highest BCUT2D eigenvalue weighted by molar-refractivity contribution is 5.92. The number of rotatable bonds is 5. The van der Waals surface area contributed by atoms with Gasteiger partial charge in [0.05, 0.1) is 35.8 Å². The number of amides is 1. The lowest BCUT2D eigenvalue weighted by molar-refractivity contribution is -0.117. The lowest BCUT2D eigenvalue weighted by Gasteiger charge is -2.31. The molecule has 1 fully saturated rings. The van der Waals surface area contributed by atoms with Gasteiger partial charge in [-0.25, -0.2) is 4.98 Å². The van der Waals surface area contributed by atoms with Crippen molar-refractivity contribution in [3.05, 3.63) is 54.1 Å². The van der Waals surface area contributed by atoms with Gasteiger partial charge in [-0.2, -0.15) is 0 Å². The quantitative estimate of drug-likeness (QED) is 0.740. The number of pyridine rings is 1. The molecule has 6 heteroatoms. The molecule has 2 aromatic heterocycles. The molecular formula is C22H27N5O. The fourth-order valence-corrected chi connectivity index (χ4v) is 3.90. The number of hydrogen-bond acceptors (Lipinski definition) is 4. The van der Waals surface area contributed by atoms with Gasteiger partial charge in [0.15, 0.2) is 0 Å². The van der Waals surface area contributed by atoms with Crippen LogP contribution in [0.15, 0.2) is 43.0 Å². The zero-order valence-corrected chi connectivity index (χ0v) is 16.6. The number of carbonyl (C=O) groups is 1. The Morgan fingerprint density at radius 2 is 2.00 bits per heavy atom. The molecule has 1 aliphatic rings. The van der Waals surface area contributed by atoms with Crippen LogP contribution in [0, 0.1) is 19.8 Å². The fourth-order valence-electron chi connectivity index (χ4n) is 3.90. The number of nitrogens with one attached hydrogen (secondary N) is 1. The van der Waals surface area contributed by atoms with Crippen molar-refractivity contribution in [1.82, 2.24) is 19.4 Å². The van der Waals surface area contributed by atoms with Crippen LogP contribution in [0.3, 0.4) is 0 Å². The largest absolute Gasteiger partial charge is 0.330 e. The highest BCUT2D eigenvalue weighted by atomic mass is 16.2. The number of fused-ring (bicyclic) bond motifs is 1. The van der Waals surface area contributed by atoms with Crippen molar-refractivity contribution < 1.29 is 4.79 Å². The number of likely N-dealkylation sites (tertiary alicyclic amines) is 1. The lowest BCUT2D eigenvalue weighted by atomic mass is 9.96. The van der Waals surface area contributed by atoms with Gasteiger partial charge in [-0.3, -0.25) is 14.7 Å². The Labute approximate surface area is 165 Å². The molecule has 1 amide bonds. The first-order valence-electron chi connectivity index (χ1n) is 9.93. The van der Waals surface area contributed by atoms with E-state index in [1.807, 2.05) is 18.5 Å². The van der Waals surface area contributed by atoms with Gasteiger partial charge >= 0.3 is 0 Å². The van der Waals surface area contributed by atoms with Crippen molar-refractivity contribution in [3.8, 4) is 0 Å². The predicted octanol–water partition coefficient (Wildman–Crippen LogP) is 3.40. The molecule has 4 rings (SSSR count). The third kappa shape index (κ3) is 4.22. The lowest BCUT2D eigenvalue weighted by Crippen LogP contribution is -2.39. The number of imidazole rings is 1. The average Bonchev–Trinajstić information content (AvgIpc) is 3.06. The monoisotopic (exact) mass is 377 g/mol. The molecule has 0 saturated carbocycles. The van der Waals surface area contributed by atoms with Crippen molar-refractivity contribution in [2.45, 2.75) is 33.2 Å². The number of nitrogens with zero attached hydrogens (tertiary/aromatic N) is 4. The maximum Gasteiger partial charge on any atom is 0.238 e. The molecule has 0 aliphatic carbocycles. The molecule has 0 bridgehead atoms. The Balaban J connectivity index is 1.30. The molecule has 0 radical (unpaired) electrons. The second kappa shape index (κ2) is 8.10. The topological polar surface area (TPSA) is 63.1 Å². The smallest absolute Gasteiger partial charge is 0.238 e. The second-order valence-corrected chi connectivity index (χ2v) is 7.83. The Morgan fingerprint density at radius 3 is 2.75 bits per heavy atom. The van der Waals surface area contributed by atoms with E-state index >= 15 is 0 Å². The molecular weight excluding hydrogens is 350 g/mol. The van der Waals surface area contributed by atoms with Gasteiger partial charge < -0.3 is 9.88 Å². The molecule has 1 N–H and O–H groups in total. The normalized spacial score (nSPS) is 15.8. The summed E-state index contributed by atoms with van der Waals surface area (Å²) in [5.74, 6) is 0.648. The molecule has 146 valence electrons. The van der Waals surface area contributed by atoms with E-state index in [0.717, 1.165) is 43.7 Å². The highest BCUT2D eigenvalue weighted by Gasteiger charge is 2.22. The van der Waals surface area contributed by atoms with Crippen molar-refractivity contribution in [2.75, 3.05) is 25.0 Å². The van der Waals surface area contributed by atoms with Gasteiger partial charge in [0.25, 0.3) is 0 Å². The number of aryl methyl sites for hydroxylation is 2. The maximum atomic E-state index is 12.2. The first-order chi connectivity index (χ1) is 13.6. The van der Waals surface area contributed by atoms with Crippen LogP contribution in [0.1, 0.15) is 24.0 Å². The van der Waals surface area contributed by atoms with E-state index in [4.69, 9.17) is 0 Å². The molecule has 28 heavy (non-hydrogen) atoms. The molecule has 1 aliphatic heterocycles. The standard InChI is InChI=1S/C22H27N5O/c1-16-10-20-21(11-17(16)2)27(15-24-20)13-18-5-8-26(9-6-18)14-22(28)25-19-4-3-7-23-12-19/h3-4,7,10-12,15,18H,5-6,8-9,13-14H2,1-2H3,(H,25,28). The van der Waals surface area contributed by atoms with Crippen LogP contribution in [0.4, 0.5) is 5.69 Å². The predicted molar refractivity (Wildman–Crippen MR) is 111 cm³/mol. The van der Waals surface area contributed by atoms with Gasteiger partial charge in [-0.1, -0.05) is 0 Å². The molecule has 3 aromatic rings. The summed E-state index contributed by atoms with van der Waals surface area (Å²) in [4.78, 5) is 23.1. The number of hydrogen-bond donors (Lipinski definition) is 1. The van der Waals surface area contributed by atoms with Crippen molar-refractivity contribution in [3.63, 3.8) is 0 Å². The minimum Gasteiger partial charge on any atom is -0.330 e.